The molecule has 1 aliphatic heterocycles. The fourth-order valence-corrected chi connectivity index (χ4v) is 2.59. The van der Waals surface area contributed by atoms with E-state index in [2.05, 4.69) is 28.2 Å². The normalized spacial score (nSPS) is 16.1. The van der Waals surface area contributed by atoms with E-state index in [0.29, 0.717) is 24.7 Å². The van der Waals surface area contributed by atoms with E-state index in [9.17, 15) is 9.59 Å². The highest BCUT2D eigenvalue weighted by Crippen LogP contribution is 2.21. The van der Waals surface area contributed by atoms with Crippen molar-refractivity contribution in [2.24, 2.45) is 5.92 Å². The molecule has 1 heterocycles. The van der Waals surface area contributed by atoms with E-state index in [0.717, 1.165) is 22.9 Å². The van der Waals surface area contributed by atoms with Crippen LogP contribution in [0.25, 0.3) is 0 Å². The number of hydrogen-bond acceptors (Lipinski definition) is 2. The van der Waals surface area contributed by atoms with E-state index in [1.807, 2.05) is 13.0 Å². The van der Waals surface area contributed by atoms with Crippen LogP contribution >= 0.6 is 15.9 Å². The number of rotatable bonds is 1. The van der Waals surface area contributed by atoms with Gasteiger partial charge in [-0.15, -0.1) is 0 Å². The number of hydrogen-bond donors (Lipinski definition) is 1. The lowest BCUT2D eigenvalue weighted by Crippen LogP contribution is -2.43. The monoisotopic (exact) mass is 338 g/mol. The van der Waals surface area contributed by atoms with Gasteiger partial charge in [-0.2, -0.15) is 0 Å². The number of carbonyl (C=O) groups is 2. The minimum atomic E-state index is -0.560. The van der Waals surface area contributed by atoms with E-state index < -0.39 is 11.8 Å². The first-order valence-electron chi connectivity index (χ1n) is 6.84. The number of benzene rings is 1. The Hall–Kier alpha value is -1.36. The first kappa shape index (κ1) is 15.0. The Morgan fingerprint density at radius 2 is 1.95 bits per heavy atom. The number of nitrogens with zero attached hydrogens (tertiary/aromatic N) is 1. The Bertz CT molecular complexity index is 523. The summed E-state index contributed by atoms with van der Waals surface area (Å²) in [6.45, 7) is 5.48. The Labute approximate surface area is 127 Å². The van der Waals surface area contributed by atoms with E-state index in [1.54, 1.807) is 17.0 Å². The minimum absolute atomic E-state index is 0.436. The van der Waals surface area contributed by atoms with Crippen molar-refractivity contribution in [2.45, 2.75) is 26.7 Å². The van der Waals surface area contributed by atoms with Gasteiger partial charge in [-0.1, -0.05) is 28.9 Å². The van der Waals surface area contributed by atoms with Crippen LogP contribution < -0.4 is 5.32 Å². The zero-order valence-corrected chi connectivity index (χ0v) is 13.4. The largest absolute Gasteiger partial charge is 0.334 e. The van der Waals surface area contributed by atoms with Gasteiger partial charge in [0.2, 0.25) is 0 Å². The molecule has 0 atom stereocenters. The molecule has 1 aromatic carbocycles. The standard InChI is InChI=1S/C15H19BrN2O2/c1-10-5-7-18(8-6-10)15(20)14(19)17-12-4-3-11(2)13(16)9-12/h3-4,9-10H,5-8H2,1-2H3,(H,17,19). The van der Waals surface area contributed by atoms with Crippen molar-refractivity contribution in [1.29, 1.82) is 0 Å². The first-order valence-corrected chi connectivity index (χ1v) is 7.63. The molecule has 0 aliphatic carbocycles. The maximum absolute atomic E-state index is 12.1. The van der Waals surface area contributed by atoms with E-state index in [1.165, 1.54) is 0 Å². The van der Waals surface area contributed by atoms with Crippen molar-refractivity contribution >= 4 is 33.4 Å². The highest BCUT2D eigenvalue weighted by atomic mass is 79.9. The third kappa shape index (κ3) is 3.60. The number of anilines is 1. The van der Waals surface area contributed by atoms with Gasteiger partial charge in [0.15, 0.2) is 0 Å². The molecule has 0 bridgehead atoms. The van der Waals surface area contributed by atoms with Gasteiger partial charge in [0.25, 0.3) is 0 Å². The molecule has 1 N–H and O–H groups in total. The summed E-state index contributed by atoms with van der Waals surface area (Å²) in [6.07, 6.45) is 1.93. The second-order valence-electron chi connectivity index (χ2n) is 5.39. The first-order chi connectivity index (χ1) is 9.47. The Balaban J connectivity index is 1.97. The van der Waals surface area contributed by atoms with Crippen LogP contribution in [-0.2, 0) is 9.59 Å². The van der Waals surface area contributed by atoms with Crippen molar-refractivity contribution in [2.75, 3.05) is 18.4 Å². The van der Waals surface area contributed by atoms with Gasteiger partial charge in [0, 0.05) is 23.2 Å². The summed E-state index contributed by atoms with van der Waals surface area (Å²) in [5.74, 6) is -0.362. The molecule has 0 unspecified atom stereocenters. The van der Waals surface area contributed by atoms with Gasteiger partial charge in [-0.05, 0) is 43.4 Å². The summed E-state index contributed by atoms with van der Waals surface area (Å²) < 4.78 is 0.912. The van der Waals surface area contributed by atoms with E-state index in [4.69, 9.17) is 0 Å². The van der Waals surface area contributed by atoms with E-state index >= 15 is 0 Å². The van der Waals surface area contributed by atoms with Crippen LogP contribution in [-0.4, -0.2) is 29.8 Å². The quantitative estimate of drug-likeness (QED) is 0.800. The molecule has 1 aliphatic rings. The second kappa shape index (κ2) is 6.39. The number of likely N-dealkylation sites (tertiary alicyclic amines) is 1. The molecular formula is C15H19BrN2O2. The van der Waals surface area contributed by atoms with Crippen LogP contribution in [0.5, 0.6) is 0 Å². The summed E-state index contributed by atoms with van der Waals surface area (Å²) in [5, 5.41) is 2.66. The van der Waals surface area contributed by atoms with E-state index in [-0.39, 0.29) is 0 Å². The second-order valence-corrected chi connectivity index (χ2v) is 6.25. The maximum atomic E-state index is 12.1. The molecule has 1 saturated heterocycles. The number of amides is 2. The highest BCUT2D eigenvalue weighted by Gasteiger charge is 2.25. The zero-order valence-electron chi connectivity index (χ0n) is 11.8. The topological polar surface area (TPSA) is 49.4 Å². The molecule has 0 radical (unpaired) electrons. The molecule has 108 valence electrons. The fourth-order valence-electron chi connectivity index (χ4n) is 2.21. The number of nitrogens with one attached hydrogen (secondary N) is 1. The molecule has 4 nitrogen and oxygen atoms in total. The van der Waals surface area contributed by atoms with Gasteiger partial charge in [-0.3, -0.25) is 9.59 Å². The van der Waals surface area contributed by atoms with Crippen LogP contribution in [0, 0.1) is 12.8 Å². The minimum Gasteiger partial charge on any atom is -0.334 e. The number of piperidine rings is 1. The van der Waals surface area contributed by atoms with Crippen LogP contribution in [0.1, 0.15) is 25.3 Å². The van der Waals surface area contributed by atoms with Gasteiger partial charge < -0.3 is 10.2 Å². The number of halogens is 1. The summed E-state index contributed by atoms with van der Waals surface area (Å²) in [4.78, 5) is 25.7. The molecule has 1 fully saturated rings. The predicted molar refractivity (Wildman–Crippen MR) is 82.5 cm³/mol. The Morgan fingerprint density at radius 3 is 2.55 bits per heavy atom. The summed E-state index contributed by atoms with van der Waals surface area (Å²) in [6, 6.07) is 5.50. The van der Waals surface area contributed by atoms with Crippen molar-refractivity contribution in [3.8, 4) is 0 Å². The Morgan fingerprint density at radius 1 is 1.30 bits per heavy atom. The van der Waals surface area contributed by atoms with Crippen LogP contribution in [0.2, 0.25) is 0 Å². The molecule has 0 saturated carbocycles. The third-order valence-corrected chi connectivity index (χ3v) is 4.55. The van der Waals surface area contributed by atoms with Gasteiger partial charge in [0.05, 0.1) is 0 Å². The van der Waals surface area contributed by atoms with Gasteiger partial charge >= 0.3 is 11.8 Å². The van der Waals surface area contributed by atoms with Crippen molar-refractivity contribution in [1.82, 2.24) is 4.90 Å². The molecule has 0 spiro atoms. The molecule has 20 heavy (non-hydrogen) atoms. The van der Waals surface area contributed by atoms with Crippen LogP contribution in [0.15, 0.2) is 22.7 Å². The van der Waals surface area contributed by atoms with Gasteiger partial charge in [0.1, 0.15) is 0 Å². The van der Waals surface area contributed by atoms with Crippen molar-refractivity contribution in [3.05, 3.63) is 28.2 Å². The fraction of sp³-hybridized carbons (Fsp3) is 0.467. The zero-order chi connectivity index (χ0) is 14.7. The SMILES string of the molecule is Cc1ccc(NC(=O)C(=O)N2CCC(C)CC2)cc1Br. The lowest BCUT2D eigenvalue weighted by atomic mass is 9.99. The van der Waals surface area contributed by atoms with Gasteiger partial charge in [-0.25, -0.2) is 0 Å². The maximum Gasteiger partial charge on any atom is 0.313 e. The Kier molecular flexibility index (Phi) is 4.81. The average molecular weight is 339 g/mol. The summed E-state index contributed by atoms with van der Waals surface area (Å²) in [7, 11) is 0. The molecule has 2 rings (SSSR count). The molecule has 2 amide bonds. The summed E-state index contributed by atoms with van der Waals surface area (Å²) >= 11 is 3.41. The predicted octanol–water partition coefficient (Wildman–Crippen LogP) is 2.95. The number of aryl methyl sites for hydroxylation is 1. The van der Waals surface area contributed by atoms with Crippen molar-refractivity contribution < 1.29 is 9.59 Å². The molecule has 1 aromatic rings. The highest BCUT2D eigenvalue weighted by molar-refractivity contribution is 9.10. The lowest BCUT2D eigenvalue weighted by Gasteiger charge is -2.29. The summed E-state index contributed by atoms with van der Waals surface area (Å²) in [5.41, 5.74) is 1.71. The average Bonchev–Trinajstić information content (AvgIpc) is 2.43. The third-order valence-electron chi connectivity index (χ3n) is 3.69. The van der Waals surface area contributed by atoms with Crippen LogP contribution in [0.4, 0.5) is 5.69 Å². The molecular weight excluding hydrogens is 320 g/mol. The molecule has 5 heteroatoms. The molecule has 0 aromatic heterocycles. The lowest BCUT2D eigenvalue weighted by molar-refractivity contribution is -0.144. The van der Waals surface area contributed by atoms with Crippen LogP contribution in [0.3, 0.4) is 0 Å². The smallest absolute Gasteiger partial charge is 0.313 e. The number of carbonyl (C=O) groups excluding carboxylic acids is 2. The van der Waals surface area contributed by atoms with Crippen molar-refractivity contribution in [3.63, 3.8) is 0 Å².